The van der Waals surface area contributed by atoms with Gasteiger partial charge in [-0.2, -0.15) is 5.10 Å². The van der Waals surface area contributed by atoms with E-state index in [2.05, 4.69) is 20.8 Å². The van der Waals surface area contributed by atoms with Crippen molar-refractivity contribution in [3.05, 3.63) is 46.0 Å². The summed E-state index contributed by atoms with van der Waals surface area (Å²) >= 11 is 5.70. The van der Waals surface area contributed by atoms with Crippen molar-refractivity contribution in [3.8, 4) is 0 Å². The lowest BCUT2D eigenvalue weighted by atomic mass is 10.0. The van der Waals surface area contributed by atoms with E-state index in [1.54, 1.807) is 0 Å². The number of nitrogens with zero attached hydrogens (tertiary/aromatic N) is 2. The van der Waals surface area contributed by atoms with Crippen LogP contribution in [-0.4, -0.2) is 47.0 Å². The molecule has 7 nitrogen and oxygen atoms in total. The number of hydrogen-bond donors (Lipinski definition) is 3. The van der Waals surface area contributed by atoms with Gasteiger partial charge in [0.2, 0.25) is 5.91 Å². The van der Waals surface area contributed by atoms with Crippen molar-refractivity contribution in [2.45, 2.75) is 13.0 Å². The minimum Gasteiger partial charge on any atom is -0.354 e. The van der Waals surface area contributed by atoms with E-state index in [-0.39, 0.29) is 29.1 Å². The van der Waals surface area contributed by atoms with Crippen LogP contribution in [0.5, 0.6) is 0 Å². The van der Waals surface area contributed by atoms with Gasteiger partial charge in [0, 0.05) is 42.8 Å². The standard InChI is InChI=1S/C16H17ClFN5O2/c1-19-16(25)15-10-7-23(5-4-12(10)21-22-15)8-14(24)20-13-3-2-9(17)6-11(13)18/h2-3,6H,4-5,7-8H2,1H3,(H,19,25)(H,20,24)(H,21,22). The molecule has 25 heavy (non-hydrogen) atoms. The first-order valence-electron chi connectivity index (χ1n) is 7.73. The SMILES string of the molecule is CNC(=O)c1n[nH]c2c1CN(CC(=O)Nc1ccc(Cl)cc1F)CC2. The van der Waals surface area contributed by atoms with Crippen molar-refractivity contribution < 1.29 is 14.0 Å². The number of fused-ring (bicyclic) bond motifs is 1. The molecule has 132 valence electrons. The van der Waals surface area contributed by atoms with Crippen molar-refractivity contribution in [1.82, 2.24) is 20.4 Å². The van der Waals surface area contributed by atoms with Crippen LogP contribution >= 0.6 is 11.6 Å². The summed E-state index contributed by atoms with van der Waals surface area (Å²) in [5.41, 5.74) is 2.11. The fourth-order valence-corrected chi connectivity index (χ4v) is 2.93. The summed E-state index contributed by atoms with van der Waals surface area (Å²) in [7, 11) is 1.54. The highest BCUT2D eigenvalue weighted by Gasteiger charge is 2.26. The predicted octanol–water partition coefficient (Wildman–Crippen LogP) is 1.56. The van der Waals surface area contributed by atoms with E-state index in [4.69, 9.17) is 11.6 Å². The van der Waals surface area contributed by atoms with Crippen molar-refractivity contribution >= 4 is 29.1 Å². The van der Waals surface area contributed by atoms with Crippen LogP contribution < -0.4 is 10.6 Å². The number of halogens is 2. The van der Waals surface area contributed by atoms with Crippen molar-refractivity contribution in [2.24, 2.45) is 0 Å². The molecule has 1 aliphatic heterocycles. The normalized spacial score (nSPS) is 14.0. The number of carbonyl (C=O) groups excluding carboxylic acids is 2. The molecule has 9 heteroatoms. The number of carbonyl (C=O) groups is 2. The summed E-state index contributed by atoms with van der Waals surface area (Å²) in [6, 6.07) is 4.07. The van der Waals surface area contributed by atoms with Gasteiger partial charge in [-0.15, -0.1) is 0 Å². The zero-order valence-electron chi connectivity index (χ0n) is 13.5. The van der Waals surface area contributed by atoms with Crippen molar-refractivity contribution in [1.29, 1.82) is 0 Å². The van der Waals surface area contributed by atoms with Gasteiger partial charge in [-0.05, 0) is 18.2 Å². The van der Waals surface area contributed by atoms with Gasteiger partial charge in [0.05, 0.1) is 12.2 Å². The number of amides is 2. The number of H-pyrrole nitrogens is 1. The molecule has 0 radical (unpaired) electrons. The molecular formula is C16H17ClFN5O2. The molecule has 2 amide bonds. The van der Waals surface area contributed by atoms with E-state index in [0.29, 0.717) is 25.2 Å². The van der Waals surface area contributed by atoms with Gasteiger partial charge >= 0.3 is 0 Å². The monoisotopic (exact) mass is 365 g/mol. The molecule has 0 aliphatic carbocycles. The zero-order chi connectivity index (χ0) is 18.0. The molecule has 0 saturated carbocycles. The molecule has 0 bridgehead atoms. The summed E-state index contributed by atoms with van der Waals surface area (Å²) in [5, 5.41) is 12.3. The highest BCUT2D eigenvalue weighted by atomic mass is 35.5. The van der Waals surface area contributed by atoms with Crippen LogP contribution in [0.2, 0.25) is 5.02 Å². The summed E-state index contributed by atoms with van der Waals surface area (Å²) in [6.45, 7) is 1.14. The van der Waals surface area contributed by atoms with Crippen LogP contribution in [0.3, 0.4) is 0 Å². The van der Waals surface area contributed by atoms with Gasteiger partial charge in [0.25, 0.3) is 5.91 Å². The van der Waals surface area contributed by atoms with Gasteiger partial charge in [0.1, 0.15) is 5.82 Å². The van der Waals surface area contributed by atoms with Gasteiger partial charge in [-0.3, -0.25) is 19.6 Å². The number of aromatic amines is 1. The van der Waals surface area contributed by atoms with Crippen LogP contribution in [0, 0.1) is 5.82 Å². The second kappa shape index (κ2) is 7.20. The highest BCUT2D eigenvalue weighted by molar-refractivity contribution is 6.30. The Hall–Kier alpha value is -2.45. The third-order valence-corrected chi connectivity index (χ3v) is 4.26. The molecule has 2 aromatic rings. The molecule has 0 unspecified atom stereocenters. The van der Waals surface area contributed by atoms with E-state index < -0.39 is 5.82 Å². The van der Waals surface area contributed by atoms with E-state index in [1.807, 2.05) is 4.90 Å². The minimum atomic E-state index is -0.585. The average molecular weight is 366 g/mol. The maximum absolute atomic E-state index is 13.8. The van der Waals surface area contributed by atoms with E-state index >= 15 is 0 Å². The maximum atomic E-state index is 13.8. The number of rotatable bonds is 4. The topological polar surface area (TPSA) is 90.1 Å². The summed E-state index contributed by atoms with van der Waals surface area (Å²) in [4.78, 5) is 25.9. The Morgan fingerprint density at radius 3 is 2.96 bits per heavy atom. The van der Waals surface area contributed by atoms with Gasteiger partial charge in [-0.1, -0.05) is 11.6 Å². The van der Waals surface area contributed by atoms with Crippen LogP contribution in [0.15, 0.2) is 18.2 Å². The van der Waals surface area contributed by atoms with Gasteiger partial charge < -0.3 is 10.6 Å². The Labute approximate surface area is 148 Å². The second-order valence-electron chi connectivity index (χ2n) is 5.74. The Bertz CT molecular complexity index is 823. The third-order valence-electron chi connectivity index (χ3n) is 4.03. The molecule has 2 heterocycles. The lowest BCUT2D eigenvalue weighted by Crippen LogP contribution is -2.37. The second-order valence-corrected chi connectivity index (χ2v) is 6.18. The molecule has 0 atom stereocenters. The average Bonchev–Trinajstić information content (AvgIpc) is 3.00. The molecule has 3 N–H and O–H groups in total. The van der Waals surface area contributed by atoms with E-state index in [9.17, 15) is 14.0 Å². The van der Waals surface area contributed by atoms with Crippen molar-refractivity contribution in [2.75, 3.05) is 25.5 Å². The van der Waals surface area contributed by atoms with Gasteiger partial charge in [-0.25, -0.2) is 4.39 Å². The Kier molecular flexibility index (Phi) is 5.00. The number of anilines is 1. The number of aromatic nitrogens is 2. The zero-order valence-corrected chi connectivity index (χ0v) is 14.3. The van der Waals surface area contributed by atoms with Crippen molar-refractivity contribution in [3.63, 3.8) is 0 Å². The third kappa shape index (κ3) is 3.80. The molecule has 3 rings (SSSR count). The summed E-state index contributed by atoms with van der Waals surface area (Å²) in [5.74, 6) is -1.19. The van der Waals surface area contributed by atoms with Crippen LogP contribution in [0.1, 0.15) is 21.7 Å². The largest absolute Gasteiger partial charge is 0.354 e. The predicted molar refractivity (Wildman–Crippen MR) is 91.0 cm³/mol. The summed E-state index contributed by atoms with van der Waals surface area (Å²) < 4.78 is 13.8. The molecule has 0 fully saturated rings. The fraction of sp³-hybridized carbons (Fsp3) is 0.312. The lowest BCUT2D eigenvalue weighted by Gasteiger charge is -2.26. The lowest BCUT2D eigenvalue weighted by molar-refractivity contribution is -0.117. The first-order valence-corrected chi connectivity index (χ1v) is 8.11. The summed E-state index contributed by atoms with van der Waals surface area (Å²) in [6.07, 6.45) is 0.655. The minimum absolute atomic E-state index is 0.0832. The first-order chi connectivity index (χ1) is 12.0. The molecule has 1 aliphatic rings. The van der Waals surface area contributed by atoms with Crippen LogP contribution in [-0.2, 0) is 17.8 Å². The number of benzene rings is 1. The first kappa shape index (κ1) is 17.4. The van der Waals surface area contributed by atoms with Crippen LogP contribution in [0.4, 0.5) is 10.1 Å². The highest BCUT2D eigenvalue weighted by Crippen LogP contribution is 2.21. The quantitative estimate of drug-likeness (QED) is 0.767. The maximum Gasteiger partial charge on any atom is 0.271 e. The Morgan fingerprint density at radius 2 is 2.24 bits per heavy atom. The molecule has 0 spiro atoms. The smallest absolute Gasteiger partial charge is 0.271 e. The Balaban J connectivity index is 1.65. The number of nitrogens with one attached hydrogen (secondary N) is 3. The number of hydrogen-bond acceptors (Lipinski definition) is 4. The Morgan fingerprint density at radius 1 is 1.44 bits per heavy atom. The fourth-order valence-electron chi connectivity index (χ4n) is 2.78. The van der Waals surface area contributed by atoms with Gasteiger partial charge in [0.15, 0.2) is 5.69 Å². The molecular weight excluding hydrogens is 349 g/mol. The van der Waals surface area contributed by atoms with E-state index in [1.165, 1.54) is 19.2 Å². The molecule has 1 aromatic carbocycles. The molecule has 1 aromatic heterocycles. The molecule has 0 saturated heterocycles. The van der Waals surface area contributed by atoms with E-state index in [0.717, 1.165) is 17.3 Å². The van der Waals surface area contributed by atoms with Crippen LogP contribution in [0.25, 0.3) is 0 Å².